The molecule has 0 spiro atoms. The van der Waals surface area contributed by atoms with Gasteiger partial charge in [0.25, 0.3) is 0 Å². The maximum absolute atomic E-state index is 13.6. The van der Waals surface area contributed by atoms with Gasteiger partial charge in [-0.3, -0.25) is 9.59 Å². The first-order valence-electron chi connectivity index (χ1n) is 10.1. The number of hydrogen-bond acceptors (Lipinski definition) is 3. The molecule has 1 aliphatic heterocycles. The number of aromatic nitrogens is 1. The van der Waals surface area contributed by atoms with E-state index in [1.807, 2.05) is 18.2 Å². The molecule has 2 N–H and O–H groups in total. The number of carbonyl (C=O) groups excluding carboxylic acids is 1. The molecule has 8 heteroatoms. The van der Waals surface area contributed by atoms with E-state index >= 15 is 0 Å². The van der Waals surface area contributed by atoms with Crippen LogP contribution >= 0.6 is 0 Å². The molecule has 1 fully saturated rings. The third-order valence-corrected chi connectivity index (χ3v) is 6.08. The molecule has 0 radical (unpaired) electrons. The molecule has 158 valence electrons. The van der Waals surface area contributed by atoms with Gasteiger partial charge in [0.2, 0.25) is 11.5 Å². The molecule has 2 aromatic rings. The third-order valence-electron chi connectivity index (χ3n) is 6.08. The smallest absolute Gasteiger partial charge is 0.405 e. The summed E-state index contributed by atoms with van der Waals surface area (Å²) in [5.74, 6) is -0.658. The molecule has 1 saturated heterocycles. The molecule has 2 aliphatic rings. The molecule has 1 aliphatic carbocycles. The summed E-state index contributed by atoms with van der Waals surface area (Å²) >= 11 is 0. The van der Waals surface area contributed by atoms with Gasteiger partial charge >= 0.3 is 6.09 Å². The summed E-state index contributed by atoms with van der Waals surface area (Å²) in [4.78, 5) is 37.4. The van der Waals surface area contributed by atoms with Crippen LogP contribution in [0, 0.1) is 0 Å². The number of pyridine rings is 1. The zero-order valence-corrected chi connectivity index (χ0v) is 16.7. The highest BCUT2D eigenvalue weighted by molar-refractivity contribution is 5.87. The van der Waals surface area contributed by atoms with Crippen molar-refractivity contribution in [3.63, 3.8) is 0 Å². The molecule has 4 rings (SSSR count). The summed E-state index contributed by atoms with van der Waals surface area (Å²) in [7, 11) is 1.70. The minimum atomic E-state index is -1.26. The van der Waals surface area contributed by atoms with Crippen molar-refractivity contribution in [2.75, 3.05) is 13.1 Å². The number of hydrogen-bond donors (Lipinski definition) is 2. The minimum Gasteiger partial charge on any atom is -0.465 e. The van der Waals surface area contributed by atoms with Crippen LogP contribution in [0.15, 0.2) is 41.3 Å². The Kier molecular flexibility index (Phi) is 5.32. The van der Waals surface area contributed by atoms with Gasteiger partial charge in [-0.15, -0.1) is 0 Å². The van der Waals surface area contributed by atoms with Crippen molar-refractivity contribution in [3.05, 3.63) is 58.0 Å². The Morgan fingerprint density at radius 2 is 1.97 bits per heavy atom. The average molecular weight is 413 g/mol. The molecule has 3 atom stereocenters. The zero-order valence-electron chi connectivity index (χ0n) is 16.7. The molecule has 0 unspecified atom stereocenters. The Bertz CT molecular complexity index is 1050. The normalized spacial score (nSPS) is 21.3. The number of likely N-dealkylation sites (tertiary alicyclic amines) is 1. The van der Waals surface area contributed by atoms with Crippen molar-refractivity contribution < 1.29 is 19.1 Å². The first-order chi connectivity index (χ1) is 14.3. The number of carbonyl (C=O) groups is 2. The Morgan fingerprint density at radius 1 is 1.20 bits per heavy atom. The van der Waals surface area contributed by atoms with Gasteiger partial charge in [0.1, 0.15) is 12.2 Å². The number of carboxylic acid groups (broad SMARTS) is 1. The maximum Gasteiger partial charge on any atom is 0.405 e. The van der Waals surface area contributed by atoms with Crippen LogP contribution in [0.1, 0.15) is 29.9 Å². The van der Waals surface area contributed by atoms with Crippen molar-refractivity contribution in [1.82, 2.24) is 14.8 Å². The van der Waals surface area contributed by atoms with Crippen LogP contribution in [0.3, 0.4) is 0 Å². The van der Waals surface area contributed by atoms with E-state index in [2.05, 4.69) is 5.32 Å². The lowest BCUT2D eigenvalue weighted by atomic mass is 9.91. The topological polar surface area (TPSA) is 91.6 Å². The SMILES string of the molecule is Cn1cc(-c2ccc3c(c2)CC[C@@H]3[C@H](NC(=O)O)C(=O)N2CC[C@H](F)C2)ccc1=O. The summed E-state index contributed by atoms with van der Waals surface area (Å²) in [5, 5.41) is 11.7. The summed E-state index contributed by atoms with van der Waals surface area (Å²) in [6, 6.07) is 8.25. The standard InChI is InChI=1S/C22H24FN3O4/c1-25-11-15(4-7-19(25)27)13-2-5-17-14(10-13)3-6-18(17)20(24-22(29)30)21(28)26-9-8-16(23)12-26/h2,4-5,7,10-11,16,18,20,24H,3,6,8-9,12H2,1H3,(H,29,30)/t16-,18-,20-/m0/s1. The second kappa shape index (κ2) is 7.93. The average Bonchev–Trinajstić information content (AvgIpc) is 3.33. The summed E-state index contributed by atoms with van der Waals surface area (Å²) in [6.45, 7) is 0.324. The van der Waals surface area contributed by atoms with Gasteiger partial charge < -0.3 is 19.9 Å². The fraction of sp³-hybridized carbons (Fsp3) is 0.409. The Morgan fingerprint density at radius 3 is 2.63 bits per heavy atom. The highest BCUT2D eigenvalue weighted by Crippen LogP contribution is 2.38. The zero-order chi connectivity index (χ0) is 21.4. The largest absolute Gasteiger partial charge is 0.465 e. The number of halogens is 1. The van der Waals surface area contributed by atoms with Crippen molar-refractivity contribution in [1.29, 1.82) is 0 Å². The van der Waals surface area contributed by atoms with Crippen LogP contribution in [0.5, 0.6) is 0 Å². The van der Waals surface area contributed by atoms with E-state index in [1.165, 1.54) is 15.5 Å². The number of nitrogens with one attached hydrogen (secondary N) is 1. The third kappa shape index (κ3) is 3.81. The van der Waals surface area contributed by atoms with Crippen LogP contribution in [-0.2, 0) is 18.3 Å². The van der Waals surface area contributed by atoms with Gasteiger partial charge in [0, 0.05) is 31.8 Å². The van der Waals surface area contributed by atoms with E-state index in [0.29, 0.717) is 13.0 Å². The monoisotopic (exact) mass is 413 g/mol. The van der Waals surface area contributed by atoms with Crippen LogP contribution in [0.25, 0.3) is 11.1 Å². The number of benzene rings is 1. The summed E-state index contributed by atoms with van der Waals surface area (Å²) in [5.41, 5.74) is 3.77. The first-order valence-corrected chi connectivity index (χ1v) is 10.1. The fourth-order valence-corrected chi connectivity index (χ4v) is 4.52. The Labute approximate surface area is 173 Å². The second-order valence-corrected chi connectivity index (χ2v) is 8.02. The van der Waals surface area contributed by atoms with Crippen molar-refractivity contribution in [3.8, 4) is 11.1 Å². The van der Waals surface area contributed by atoms with Crippen LogP contribution < -0.4 is 10.9 Å². The molecular formula is C22H24FN3O4. The van der Waals surface area contributed by atoms with E-state index in [-0.39, 0.29) is 30.3 Å². The van der Waals surface area contributed by atoms with E-state index in [9.17, 15) is 23.9 Å². The van der Waals surface area contributed by atoms with E-state index in [1.54, 1.807) is 19.3 Å². The molecule has 7 nitrogen and oxygen atoms in total. The first kappa shape index (κ1) is 20.1. The fourth-order valence-electron chi connectivity index (χ4n) is 4.52. The number of fused-ring (bicyclic) bond motifs is 1. The number of aryl methyl sites for hydroxylation is 2. The molecule has 30 heavy (non-hydrogen) atoms. The highest BCUT2D eigenvalue weighted by Gasteiger charge is 2.39. The predicted molar refractivity (Wildman–Crippen MR) is 109 cm³/mol. The van der Waals surface area contributed by atoms with Gasteiger partial charge in [0.15, 0.2) is 0 Å². The molecule has 1 aromatic heterocycles. The summed E-state index contributed by atoms with van der Waals surface area (Å²) in [6.07, 6.45) is 1.09. The van der Waals surface area contributed by atoms with Crippen molar-refractivity contribution in [2.24, 2.45) is 7.05 Å². The van der Waals surface area contributed by atoms with Gasteiger partial charge in [-0.25, -0.2) is 9.18 Å². The number of amides is 2. The van der Waals surface area contributed by atoms with Gasteiger partial charge in [-0.05, 0) is 47.6 Å². The Balaban J connectivity index is 1.62. The number of alkyl halides is 1. The molecule has 0 bridgehead atoms. The lowest BCUT2D eigenvalue weighted by Crippen LogP contribution is -2.50. The van der Waals surface area contributed by atoms with E-state index < -0.39 is 18.3 Å². The molecule has 2 amide bonds. The number of rotatable bonds is 4. The maximum atomic E-state index is 13.6. The Hall–Kier alpha value is -3.16. The highest BCUT2D eigenvalue weighted by atomic mass is 19.1. The van der Waals surface area contributed by atoms with Crippen LogP contribution in [-0.4, -0.2) is 51.9 Å². The minimum absolute atomic E-state index is 0.0157. The molecule has 0 saturated carbocycles. The van der Waals surface area contributed by atoms with Gasteiger partial charge in [-0.2, -0.15) is 0 Å². The van der Waals surface area contributed by atoms with Crippen molar-refractivity contribution in [2.45, 2.75) is 37.4 Å². The van der Waals surface area contributed by atoms with Crippen LogP contribution in [0.2, 0.25) is 0 Å². The van der Waals surface area contributed by atoms with E-state index in [0.717, 1.165) is 28.7 Å². The quantitative estimate of drug-likeness (QED) is 0.805. The summed E-state index contributed by atoms with van der Waals surface area (Å²) < 4.78 is 15.1. The lowest BCUT2D eigenvalue weighted by molar-refractivity contribution is -0.133. The second-order valence-electron chi connectivity index (χ2n) is 8.02. The van der Waals surface area contributed by atoms with Gasteiger partial charge in [-0.1, -0.05) is 18.2 Å². The number of nitrogens with zero attached hydrogens (tertiary/aromatic N) is 2. The van der Waals surface area contributed by atoms with E-state index in [4.69, 9.17) is 0 Å². The van der Waals surface area contributed by atoms with Crippen LogP contribution in [0.4, 0.5) is 9.18 Å². The predicted octanol–water partition coefficient (Wildman–Crippen LogP) is 2.29. The molecule has 1 aromatic carbocycles. The van der Waals surface area contributed by atoms with Crippen molar-refractivity contribution >= 4 is 12.0 Å². The molecule has 2 heterocycles. The molecular weight excluding hydrogens is 389 g/mol. The van der Waals surface area contributed by atoms with Gasteiger partial charge in [0.05, 0.1) is 6.54 Å². The lowest BCUT2D eigenvalue weighted by Gasteiger charge is -2.28.